The van der Waals surface area contributed by atoms with Gasteiger partial charge in [0.2, 0.25) is 0 Å². The van der Waals surface area contributed by atoms with E-state index < -0.39 is 0 Å². The molecule has 0 saturated carbocycles. The van der Waals surface area contributed by atoms with E-state index in [0.717, 1.165) is 11.4 Å². The summed E-state index contributed by atoms with van der Waals surface area (Å²) in [6, 6.07) is 0. The molecule has 0 radical (unpaired) electrons. The molecule has 9 heavy (non-hydrogen) atoms. The molecule has 0 aromatic carbocycles. The topological polar surface area (TPSA) is 36.4 Å². The molecule has 0 aliphatic heterocycles. The summed E-state index contributed by atoms with van der Waals surface area (Å²) in [5, 5.41) is 6.78. The summed E-state index contributed by atoms with van der Waals surface area (Å²) in [6.45, 7) is 5.59. The van der Waals surface area contributed by atoms with E-state index >= 15 is 0 Å². The molecule has 0 heterocycles. The van der Waals surface area contributed by atoms with Gasteiger partial charge in [0.15, 0.2) is 0 Å². The van der Waals surface area contributed by atoms with Gasteiger partial charge in [-0.3, -0.25) is 0 Å². The van der Waals surface area contributed by atoms with E-state index in [4.69, 9.17) is 0 Å². The third-order valence-corrected chi connectivity index (χ3v) is 1.02. The molecule has 0 saturated heterocycles. The number of rotatable bonds is 3. The highest BCUT2D eigenvalue weighted by Crippen LogP contribution is 1.85. The fourth-order valence-electron chi connectivity index (χ4n) is 0.416. The van der Waals surface area contributed by atoms with Gasteiger partial charge in [0.1, 0.15) is 0 Å². The zero-order valence-electron chi connectivity index (χ0n) is 6.15. The van der Waals surface area contributed by atoms with E-state index in [9.17, 15) is 0 Å². The zero-order valence-corrected chi connectivity index (χ0v) is 6.15. The number of allylic oxidation sites excluding steroid dienone is 1. The van der Waals surface area contributed by atoms with Gasteiger partial charge in [-0.05, 0) is 6.92 Å². The van der Waals surface area contributed by atoms with Crippen molar-refractivity contribution in [1.82, 2.24) is 10.7 Å². The third-order valence-electron chi connectivity index (χ3n) is 1.02. The molecule has 0 aliphatic rings. The molecule has 0 rings (SSSR count). The number of hydrogen-bond acceptors (Lipinski definition) is 3. The smallest absolute Gasteiger partial charge is 0.0796 e. The van der Waals surface area contributed by atoms with E-state index in [0.29, 0.717) is 0 Å². The summed E-state index contributed by atoms with van der Waals surface area (Å²) in [6.07, 6.45) is 0. The van der Waals surface area contributed by atoms with Gasteiger partial charge in [0, 0.05) is 19.8 Å². The number of hydrazone groups is 1. The highest BCUT2D eigenvalue weighted by Gasteiger charge is 1.91. The molecule has 0 aromatic rings. The van der Waals surface area contributed by atoms with Crippen LogP contribution >= 0.6 is 0 Å². The van der Waals surface area contributed by atoms with E-state index in [1.807, 2.05) is 14.0 Å². The Balaban J connectivity index is 3.86. The molecule has 52 valence electrons. The van der Waals surface area contributed by atoms with Gasteiger partial charge in [-0.1, -0.05) is 6.58 Å². The van der Waals surface area contributed by atoms with E-state index in [-0.39, 0.29) is 0 Å². The molecule has 0 unspecified atom stereocenters. The van der Waals surface area contributed by atoms with Crippen LogP contribution in [0.1, 0.15) is 6.92 Å². The maximum atomic E-state index is 3.90. The molecule has 0 aromatic heterocycles. The first-order chi connectivity index (χ1) is 4.22. The zero-order chi connectivity index (χ0) is 7.28. The molecular weight excluding hydrogens is 114 g/mol. The molecule has 2 N–H and O–H groups in total. The summed E-state index contributed by atoms with van der Waals surface area (Å²) < 4.78 is 0. The Kier molecular flexibility index (Phi) is 3.51. The maximum absolute atomic E-state index is 3.90. The first kappa shape index (κ1) is 8.01. The highest BCUT2D eigenvalue weighted by molar-refractivity contribution is 5.96. The Labute approximate surface area is 55.8 Å². The fourth-order valence-corrected chi connectivity index (χ4v) is 0.416. The van der Waals surface area contributed by atoms with Crippen LogP contribution in [0.2, 0.25) is 0 Å². The Hall–Kier alpha value is -0.990. The quantitative estimate of drug-likeness (QED) is 0.423. The summed E-state index contributed by atoms with van der Waals surface area (Å²) in [5.74, 6) is 0. The normalized spacial score (nSPS) is 10.8. The van der Waals surface area contributed by atoms with Crippen molar-refractivity contribution in [3.8, 4) is 0 Å². The molecule has 0 amide bonds. The number of nitrogens with zero attached hydrogens (tertiary/aromatic N) is 1. The molecule has 0 fully saturated rings. The monoisotopic (exact) mass is 127 g/mol. The average Bonchev–Trinajstić information content (AvgIpc) is 1.87. The molecule has 3 heteroatoms. The minimum Gasteiger partial charge on any atom is -0.387 e. The van der Waals surface area contributed by atoms with Gasteiger partial charge >= 0.3 is 0 Å². The Bertz CT molecular complexity index is 126. The van der Waals surface area contributed by atoms with Crippen LogP contribution in [0.4, 0.5) is 0 Å². The first-order valence-corrected chi connectivity index (χ1v) is 2.80. The van der Waals surface area contributed by atoms with Crippen molar-refractivity contribution in [2.75, 3.05) is 14.1 Å². The summed E-state index contributed by atoms with van der Waals surface area (Å²) in [4.78, 5) is 0. The van der Waals surface area contributed by atoms with Crippen molar-refractivity contribution in [3.05, 3.63) is 12.3 Å². The Morgan fingerprint density at radius 3 is 2.33 bits per heavy atom. The van der Waals surface area contributed by atoms with Crippen LogP contribution in [0.15, 0.2) is 17.4 Å². The van der Waals surface area contributed by atoms with Gasteiger partial charge < -0.3 is 10.7 Å². The van der Waals surface area contributed by atoms with Crippen LogP contribution in [0.25, 0.3) is 0 Å². The Morgan fingerprint density at radius 1 is 1.44 bits per heavy atom. The molecule has 0 atom stereocenters. The summed E-state index contributed by atoms with van der Waals surface area (Å²) in [7, 11) is 3.57. The lowest BCUT2D eigenvalue weighted by molar-refractivity contribution is 0.892. The van der Waals surface area contributed by atoms with E-state index in [1.165, 1.54) is 0 Å². The average molecular weight is 127 g/mol. The van der Waals surface area contributed by atoms with E-state index in [1.54, 1.807) is 7.05 Å². The van der Waals surface area contributed by atoms with Crippen molar-refractivity contribution >= 4 is 5.71 Å². The molecular formula is C6H13N3. The molecule has 0 bridgehead atoms. The lowest BCUT2D eigenvalue weighted by Crippen LogP contribution is -2.14. The summed E-state index contributed by atoms with van der Waals surface area (Å²) >= 11 is 0. The van der Waals surface area contributed by atoms with Gasteiger partial charge in [-0.25, -0.2) is 0 Å². The molecule has 3 nitrogen and oxygen atoms in total. The van der Waals surface area contributed by atoms with Crippen LogP contribution in [0.3, 0.4) is 0 Å². The maximum Gasteiger partial charge on any atom is 0.0796 e. The molecule has 0 aliphatic carbocycles. The Morgan fingerprint density at radius 2 is 2.00 bits per heavy atom. The van der Waals surface area contributed by atoms with Crippen LogP contribution < -0.4 is 10.7 Å². The SMILES string of the molecule is C=C(NC)/C(C)=N\NC. The van der Waals surface area contributed by atoms with Crippen molar-refractivity contribution in [2.24, 2.45) is 5.10 Å². The predicted molar refractivity (Wildman–Crippen MR) is 40.4 cm³/mol. The number of nitrogens with one attached hydrogen (secondary N) is 2. The fraction of sp³-hybridized carbons (Fsp3) is 0.500. The standard InChI is InChI=1S/C6H13N3/c1-5(7-3)6(2)9-8-4/h7-8H,1H2,2-4H3/b9-6-. The second kappa shape index (κ2) is 3.95. The lowest BCUT2D eigenvalue weighted by atomic mass is 10.3. The van der Waals surface area contributed by atoms with Crippen molar-refractivity contribution < 1.29 is 0 Å². The van der Waals surface area contributed by atoms with Crippen LogP contribution in [0, 0.1) is 0 Å². The van der Waals surface area contributed by atoms with Gasteiger partial charge in [-0.15, -0.1) is 0 Å². The largest absolute Gasteiger partial charge is 0.387 e. The second-order valence-electron chi connectivity index (χ2n) is 1.65. The van der Waals surface area contributed by atoms with Crippen molar-refractivity contribution in [2.45, 2.75) is 6.92 Å². The third kappa shape index (κ3) is 2.74. The van der Waals surface area contributed by atoms with Crippen molar-refractivity contribution in [1.29, 1.82) is 0 Å². The summed E-state index contributed by atoms with van der Waals surface area (Å²) in [5.41, 5.74) is 4.38. The first-order valence-electron chi connectivity index (χ1n) is 2.80. The second-order valence-corrected chi connectivity index (χ2v) is 1.65. The number of hydrogen-bond donors (Lipinski definition) is 2. The van der Waals surface area contributed by atoms with Gasteiger partial charge in [0.05, 0.1) is 5.71 Å². The lowest BCUT2D eigenvalue weighted by Gasteiger charge is -2.01. The van der Waals surface area contributed by atoms with Crippen LogP contribution in [-0.4, -0.2) is 19.8 Å². The van der Waals surface area contributed by atoms with Gasteiger partial charge in [-0.2, -0.15) is 5.10 Å². The molecule has 0 spiro atoms. The van der Waals surface area contributed by atoms with Crippen LogP contribution in [-0.2, 0) is 0 Å². The van der Waals surface area contributed by atoms with Crippen LogP contribution in [0.5, 0.6) is 0 Å². The van der Waals surface area contributed by atoms with E-state index in [2.05, 4.69) is 22.4 Å². The van der Waals surface area contributed by atoms with Crippen molar-refractivity contribution in [3.63, 3.8) is 0 Å². The highest BCUT2D eigenvalue weighted by atomic mass is 15.3. The predicted octanol–water partition coefficient (Wildman–Crippen LogP) is 0.315. The minimum atomic E-state index is 0.837. The minimum absolute atomic E-state index is 0.837. The van der Waals surface area contributed by atoms with Gasteiger partial charge in [0.25, 0.3) is 0 Å².